The summed E-state index contributed by atoms with van der Waals surface area (Å²) in [5.74, 6) is -0.487. The molecule has 0 N–H and O–H groups in total. The first-order chi connectivity index (χ1) is 13.2. The molecular formula is C21H22F2N4. The van der Waals surface area contributed by atoms with Crippen LogP contribution >= 0.6 is 0 Å². The van der Waals surface area contributed by atoms with E-state index >= 15 is 0 Å². The lowest BCUT2D eigenvalue weighted by atomic mass is 10.2. The number of nitrogens with zero attached hydrogens (tertiary/aromatic N) is 4. The van der Waals surface area contributed by atoms with Crippen molar-refractivity contribution in [1.82, 2.24) is 14.7 Å². The molecule has 0 saturated carbocycles. The topological polar surface area (TPSA) is 24.3 Å². The zero-order chi connectivity index (χ0) is 18.6. The Bertz CT molecular complexity index is 891. The van der Waals surface area contributed by atoms with Gasteiger partial charge in [-0.1, -0.05) is 12.1 Å². The van der Waals surface area contributed by atoms with Crippen LogP contribution in [-0.4, -0.2) is 40.9 Å². The van der Waals surface area contributed by atoms with Crippen molar-refractivity contribution in [3.05, 3.63) is 78.1 Å². The average molecular weight is 368 g/mol. The van der Waals surface area contributed by atoms with Crippen LogP contribution in [0, 0.1) is 11.6 Å². The molecule has 2 heterocycles. The van der Waals surface area contributed by atoms with E-state index in [1.165, 1.54) is 18.2 Å². The highest BCUT2D eigenvalue weighted by molar-refractivity contribution is 5.46. The van der Waals surface area contributed by atoms with Crippen LogP contribution in [0.2, 0.25) is 0 Å². The molecule has 1 aliphatic rings. The highest BCUT2D eigenvalue weighted by Crippen LogP contribution is 2.18. The Morgan fingerprint density at radius 1 is 0.889 bits per heavy atom. The van der Waals surface area contributed by atoms with Crippen LogP contribution in [0.15, 0.2) is 60.9 Å². The van der Waals surface area contributed by atoms with Crippen molar-refractivity contribution in [2.45, 2.75) is 13.0 Å². The van der Waals surface area contributed by atoms with Gasteiger partial charge in [0.05, 0.1) is 6.20 Å². The highest BCUT2D eigenvalue weighted by atomic mass is 19.1. The van der Waals surface area contributed by atoms with Crippen molar-refractivity contribution < 1.29 is 8.78 Å². The van der Waals surface area contributed by atoms with E-state index in [4.69, 9.17) is 0 Å². The maximum atomic E-state index is 13.9. The van der Waals surface area contributed by atoms with Gasteiger partial charge in [0.1, 0.15) is 17.3 Å². The van der Waals surface area contributed by atoms with Crippen LogP contribution in [0.25, 0.3) is 5.69 Å². The molecule has 27 heavy (non-hydrogen) atoms. The van der Waals surface area contributed by atoms with E-state index in [2.05, 4.69) is 14.9 Å². The molecule has 0 radical (unpaired) electrons. The number of benzene rings is 2. The molecule has 0 atom stereocenters. The van der Waals surface area contributed by atoms with Gasteiger partial charge in [-0.3, -0.25) is 4.90 Å². The molecule has 4 nitrogen and oxygen atoms in total. The number of hydrogen-bond acceptors (Lipinski definition) is 3. The molecule has 1 aliphatic heterocycles. The molecule has 1 fully saturated rings. The highest BCUT2D eigenvalue weighted by Gasteiger charge is 2.16. The molecule has 0 spiro atoms. The van der Waals surface area contributed by atoms with Gasteiger partial charge >= 0.3 is 0 Å². The standard InChI is InChI=1S/C21H22F2N4/c22-18-6-8-19(9-7-18)26-11-3-10-25(12-13-26)15-17-14-24-27(16-17)21-5-2-1-4-20(21)23/h1-2,4-9,14,16H,3,10-13,15H2. The number of hydrogen-bond donors (Lipinski definition) is 0. The zero-order valence-electron chi connectivity index (χ0n) is 15.1. The minimum absolute atomic E-state index is 0.206. The third-order valence-electron chi connectivity index (χ3n) is 4.92. The average Bonchev–Trinajstić information content (AvgIpc) is 3.01. The van der Waals surface area contributed by atoms with Gasteiger partial charge in [-0.25, -0.2) is 13.5 Å². The summed E-state index contributed by atoms with van der Waals surface area (Å²) >= 11 is 0. The molecule has 0 unspecified atom stereocenters. The first-order valence-electron chi connectivity index (χ1n) is 9.20. The predicted molar refractivity (Wildman–Crippen MR) is 102 cm³/mol. The minimum atomic E-state index is -0.281. The molecule has 140 valence electrons. The number of para-hydroxylation sites is 1. The first-order valence-corrected chi connectivity index (χ1v) is 9.20. The number of rotatable bonds is 4. The predicted octanol–water partition coefficient (Wildman–Crippen LogP) is 3.86. The molecule has 0 amide bonds. The third-order valence-corrected chi connectivity index (χ3v) is 4.92. The second kappa shape index (κ2) is 7.88. The Morgan fingerprint density at radius 2 is 1.70 bits per heavy atom. The summed E-state index contributed by atoms with van der Waals surface area (Å²) < 4.78 is 28.6. The summed E-state index contributed by atoms with van der Waals surface area (Å²) in [4.78, 5) is 4.68. The molecule has 3 aromatic rings. The Balaban J connectivity index is 1.39. The largest absolute Gasteiger partial charge is 0.370 e. The number of halogens is 2. The minimum Gasteiger partial charge on any atom is -0.370 e. The third kappa shape index (κ3) is 4.17. The molecule has 2 aromatic carbocycles. The quantitative estimate of drug-likeness (QED) is 0.699. The van der Waals surface area contributed by atoms with Crippen LogP contribution in [0.4, 0.5) is 14.5 Å². The summed E-state index contributed by atoms with van der Waals surface area (Å²) in [7, 11) is 0. The summed E-state index contributed by atoms with van der Waals surface area (Å²) in [6, 6.07) is 13.3. The van der Waals surface area contributed by atoms with E-state index in [0.29, 0.717) is 5.69 Å². The van der Waals surface area contributed by atoms with Crippen LogP contribution < -0.4 is 4.90 Å². The lowest BCUT2D eigenvalue weighted by molar-refractivity contribution is 0.285. The van der Waals surface area contributed by atoms with Crippen molar-refractivity contribution >= 4 is 5.69 Å². The Morgan fingerprint density at radius 3 is 2.52 bits per heavy atom. The maximum Gasteiger partial charge on any atom is 0.148 e. The van der Waals surface area contributed by atoms with E-state index in [9.17, 15) is 8.78 Å². The van der Waals surface area contributed by atoms with Crippen LogP contribution in [-0.2, 0) is 6.54 Å². The fourth-order valence-electron chi connectivity index (χ4n) is 3.51. The second-order valence-corrected chi connectivity index (χ2v) is 6.84. The van der Waals surface area contributed by atoms with E-state index < -0.39 is 0 Å². The second-order valence-electron chi connectivity index (χ2n) is 6.84. The van der Waals surface area contributed by atoms with Crippen LogP contribution in [0.5, 0.6) is 0 Å². The van der Waals surface area contributed by atoms with Gasteiger partial charge in [0.15, 0.2) is 0 Å². The summed E-state index contributed by atoms with van der Waals surface area (Å²) in [6.07, 6.45) is 4.73. The van der Waals surface area contributed by atoms with Gasteiger partial charge in [-0.05, 0) is 42.8 Å². The van der Waals surface area contributed by atoms with Crippen LogP contribution in [0.1, 0.15) is 12.0 Å². The van der Waals surface area contributed by atoms with Crippen molar-refractivity contribution in [3.8, 4) is 5.69 Å². The fraction of sp³-hybridized carbons (Fsp3) is 0.286. The summed E-state index contributed by atoms with van der Waals surface area (Å²) in [5.41, 5.74) is 2.58. The molecular weight excluding hydrogens is 346 g/mol. The van der Waals surface area contributed by atoms with E-state index in [0.717, 1.165) is 50.4 Å². The van der Waals surface area contributed by atoms with Crippen LogP contribution in [0.3, 0.4) is 0 Å². The summed E-state index contributed by atoms with van der Waals surface area (Å²) in [5, 5.41) is 4.31. The van der Waals surface area contributed by atoms with Gasteiger partial charge in [0, 0.05) is 50.2 Å². The van der Waals surface area contributed by atoms with E-state index in [1.54, 1.807) is 29.1 Å². The van der Waals surface area contributed by atoms with Gasteiger partial charge in [0.2, 0.25) is 0 Å². The monoisotopic (exact) mass is 368 g/mol. The van der Waals surface area contributed by atoms with Gasteiger partial charge in [-0.2, -0.15) is 5.10 Å². The maximum absolute atomic E-state index is 13.9. The van der Waals surface area contributed by atoms with Gasteiger partial charge in [-0.15, -0.1) is 0 Å². The molecule has 0 bridgehead atoms. The Labute approximate surface area is 157 Å². The SMILES string of the molecule is Fc1ccc(N2CCCN(Cc3cnn(-c4ccccc4F)c3)CC2)cc1. The van der Waals surface area contributed by atoms with Crippen molar-refractivity contribution in [2.75, 3.05) is 31.1 Å². The Hall–Kier alpha value is -2.73. The number of aromatic nitrogens is 2. The molecule has 0 aliphatic carbocycles. The molecule has 6 heteroatoms. The molecule has 1 saturated heterocycles. The van der Waals surface area contributed by atoms with Gasteiger partial charge in [0.25, 0.3) is 0 Å². The van der Waals surface area contributed by atoms with Crippen molar-refractivity contribution in [2.24, 2.45) is 0 Å². The molecule has 1 aromatic heterocycles. The van der Waals surface area contributed by atoms with E-state index in [1.807, 2.05) is 18.3 Å². The lowest BCUT2D eigenvalue weighted by Crippen LogP contribution is -2.30. The zero-order valence-corrected chi connectivity index (χ0v) is 15.1. The van der Waals surface area contributed by atoms with Crippen molar-refractivity contribution in [1.29, 1.82) is 0 Å². The lowest BCUT2D eigenvalue weighted by Gasteiger charge is -2.23. The Kier molecular flexibility index (Phi) is 5.16. The first kappa shape index (κ1) is 17.7. The molecule has 4 rings (SSSR count). The normalized spacial score (nSPS) is 15.7. The fourth-order valence-corrected chi connectivity index (χ4v) is 3.51. The van der Waals surface area contributed by atoms with Crippen molar-refractivity contribution in [3.63, 3.8) is 0 Å². The number of anilines is 1. The summed E-state index contributed by atoms with van der Waals surface area (Å²) in [6.45, 7) is 4.54. The van der Waals surface area contributed by atoms with E-state index in [-0.39, 0.29) is 11.6 Å². The van der Waals surface area contributed by atoms with Gasteiger partial charge < -0.3 is 4.90 Å². The smallest absolute Gasteiger partial charge is 0.148 e.